The number of carbonyl (C=O) groups is 1. The van der Waals surface area contributed by atoms with Gasteiger partial charge in [0.15, 0.2) is 0 Å². The lowest BCUT2D eigenvalue weighted by Gasteiger charge is -2.38. The first-order chi connectivity index (χ1) is 14.0. The van der Waals surface area contributed by atoms with Crippen molar-refractivity contribution in [2.75, 3.05) is 31.5 Å². The van der Waals surface area contributed by atoms with Gasteiger partial charge in [-0.15, -0.1) is 0 Å². The Morgan fingerprint density at radius 1 is 1.38 bits per heavy atom. The lowest BCUT2D eigenvalue weighted by molar-refractivity contribution is 0.0871. The number of nitrogens with one attached hydrogen (secondary N) is 2. The second kappa shape index (κ2) is 10.0. The number of amides is 1. The van der Waals surface area contributed by atoms with Gasteiger partial charge in [-0.25, -0.2) is 0 Å². The van der Waals surface area contributed by atoms with E-state index >= 15 is 0 Å². The third-order valence-corrected chi connectivity index (χ3v) is 5.87. The minimum atomic E-state index is -2.45. The molecule has 1 aliphatic carbocycles. The fourth-order valence-electron chi connectivity index (χ4n) is 3.95. The van der Waals surface area contributed by atoms with Crippen molar-refractivity contribution in [2.24, 2.45) is 5.92 Å². The summed E-state index contributed by atoms with van der Waals surface area (Å²) in [7, 11) is 1.49. The Hall–Kier alpha value is -2.16. The molecular weight excluding hydrogens is 390 g/mol. The number of nitrogens with zero attached hydrogens (tertiary/aromatic N) is 1. The van der Waals surface area contributed by atoms with Crippen molar-refractivity contribution in [3.63, 3.8) is 0 Å². The van der Waals surface area contributed by atoms with E-state index in [0.717, 1.165) is 38.9 Å². The molecule has 7 nitrogen and oxygen atoms in total. The van der Waals surface area contributed by atoms with Crippen LogP contribution in [0.25, 0.3) is 0 Å². The number of hydrogen-bond donors (Lipinski definition) is 2. The molecule has 1 saturated heterocycles. The topological polar surface area (TPSA) is 93.7 Å². The third kappa shape index (κ3) is 5.91. The molecule has 158 valence electrons. The highest BCUT2D eigenvalue weighted by Gasteiger charge is 2.28. The Kier molecular flexibility index (Phi) is 7.46. The highest BCUT2D eigenvalue weighted by atomic mass is 32.2. The van der Waals surface area contributed by atoms with Crippen LogP contribution in [0, 0.1) is 5.92 Å². The van der Waals surface area contributed by atoms with Gasteiger partial charge in [-0.05, 0) is 43.4 Å². The van der Waals surface area contributed by atoms with Crippen molar-refractivity contribution in [3.8, 4) is 5.75 Å². The summed E-state index contributed by atoms with van der Waals surface area (Å²) in [6.07, 6.45) is 9.66. The summed E-state index contributed by atoms with van der Waals surface area (Å²) in [5.41, 5.74) is 2.10. The molecule has 0 spiro atoms. The summed E-state index contributed by atoms with van der Waals surface area (Å²) in [5, 5.41) is 3.11. The van der Waals surface area contributed by atoms with Gasteiger partial charge in [0.25, 0.3) is 5.91 Å². The number of hydrogen-bond acceptors (Lipinski definition) is 5. The number of benzene rings is 1. The molecule has 0 saturated carbocycles. The van der Waals surface area contributed by atoms with Crippen LogP contribution in [0.4, 0.5) is 5.69 Å². The van der Waals surface area contributed by atoms with Gasteiger partial charge in [-0.3, -0.25) is 13.9 Å². The molecule has 3 rings (SSSR count). The largest absolute Gasteiger partial charge is 0.755 e. The van der Waals surface area contributed by atoms with Crippen molar-refractivity contribution in [1.29, 1.82) is 0 Å². The Bertz CT molecular complexity index is 824. The van der Waals surface area contributed by atoms with Gasteiger partial charge >= 0.3 is 0 Å². The van der Waals surface area contributed by atoms with Crippen LogP contribution in [-0.4, -0.2) is 52.4 Å². The lowest BCUT2D eigenvalue weighted by Crippen LogP contribution is -2.50. The minimum absolute atomic E-state index is 0.0638. The van der Waals surface area contributed by atoms with Crippen LogP contribution in [0.5, 0.6) is 5.75 Å². The van der Waals surface area contributed by atoms with E-state index in [2.05, 4.69) is 40.1 Å². The molecular formula is C21H28N3O4S-. The van der Waals surface area contributed by atoms with Crippen molar-refractivity contribution < 1.29 is 18.3 Å². The molecule has 1 aromatic carbocycles. The second-order valence-corrected chi connectivity index (χ2v) is 8.28. The molecule has 8 heteroatoms. The third-order valence-electron chi connectivity index (χ3n) is 5.47. The van der Waals surface area contributed by atoms with Crippen molar-refractivity contribution in [2.45, 2.75) is 32.2 Å². The summed E-state index contributed by atoms with van der Waals surface area (Å²) < 4.78 is 29.3. The predicted molar refractivity (Wildman–Crippen MR) is 113 cm³/mol. The van der Waals surface area contributed by atoms with E-state index in [1.165, 1.54) is 18.7 Å². The normalized spacial score (nSPS) is 23.2. The average Bonchev–Trinajstić information content (AvgIpc) is 2.70. The minimum Gasteiger partial charge on any atom is -0.755 e. The zero-order valence-corrected chi connectivity index (χ0v) is 17.7. The molecule has 0 radical (unpaired) electrons. The van der Waals surface area contributed by atoms with E-state index < -0.39 is 11.3 Å². The van der Waals surface area contributed by atoms with E-state index in [-0.39, 0.29) is 11.9 Å². The molecule has 1 fully saturated rings. The smallest absolute Gasteiger partial charge is 0.255 e. The molecule has 1 heterocycles. The van der Waals surface area contributed by atoms with Crippen LogP contribution in [0.3, 0.4) is 0 Å². The fraction of sp³-hybridized carbons (Fsp3) is 0.476. The van der Waals surface area contributed by atoms with Gasteiger partial charge in [0.2, 0.25) is 0 Å². The maximum atomic E-state index is 12.9. The first-order valence-corrected chi connectivity index (χ1v) is 10.9. The molecule has 1 aliphatic heterocycles. The van der Waals surface area contributed by atoms with Crippen LogP contribution < -0.4 is 14.8 Å². The number of anilines is 1. The fourth-order valence-corrected chi connectivity index (χ4v) is 4.27. The van der Waals surface area contributed by atoms with Gasteiger partial charge in [-0.1, -0.05) is 30.7 Å². The summed E-state index contributed by atoms with van der Waals surface area (Å²) >= 11 is -2.45. The maximum Gasteiger partial charge on any atom is 0.255 e. The Morgan fingerprint density at radius 2 is 2.21 bits per heavy atom. The summed E-state index contributed by atoms with van der Waals surface area (Å²) in [5.74, 6) is 0.466. The molecule has 1 amide bonds. The SMILES string of the molecule is COc1ccc(NS(=O)[O-])cc1C(=O)NC1CCN(CC2=CCC=CC2)CC1C. The van der Waals surface area contributed by atoms with Crippen molar-refractivity contribution >= 4 is 22.9 Å². The number of methoxy groups -OCH3 is 1. The molecule has 1 aromatic rings. The number of rotatable bonds is 7. The molecule has 3 unspecified atom stereocenters. The van der Waals surface area contributed by atoms with Crippen LogP contribution in [0.2, 0.25) is 0 Å². The number of piperidine rings is 1. The molecule has 0 aromatic heterocycles. The Labute approximate surface area is 174 Å². The van der Waals surface area contributed by atoms with Gasteiger partial charge in [-0.2, -0.15) is 0 Å². The van der Waals surface area contributed by atoms with E-state index in [1.807, 2.05) is 0 Å². The highest BCUT2D eigenvalue weighted by molar-refractivity contribution is 7.80. The predicted octanol–water partition coefficient (Wildman–Crippen LogP) is 2.62. The van der Waals surface area contributed by atoms with Gasteiger partial charge in [0, 0.05) is 42.6 Å². The van der Waals surface area contributed by atoms with Gasteiger partial charge in [0.1, 0.15) is 5.75 Å². The number of ether oxygens (including phenoxy) is 1. The van der Waals surface area contributed by atoms with Gasteiger partial charge < -0.3 is 19.3 Å². The first kappa shape index (κ1) is 21.5. The average molecular weight is 419 g/mol. The standard InChI is InChI=1S/C21H29N3O4S/c1-15-13-24(14-16-6-4-3-5-7-16)11-10-19(15)22-21(25)18-12-17(23-29(26)27)8-9-20(18)28-2/h3-4,7-9,12,15,19,23H,5-6,10-11,13-14H2,1-2H3,(H,22,25)(H,26,27)/p-1. The van der Waals surface area contributed by atoms with Crippen LogP contribution in [0.1, 0.15) is 36.5 Å². The molecule has 29 heavy (non-hydrogen) atoms. The molecule has 2 aliphatic rings. The number of likely N-dealkylation sites (tertiary alicyclic amines) is 1. The molecule has 3 atom stereocenters. The van der Waals surface area contributed by atoms with Crippen molar-refractivity contribution in [3.05, 3.63) is 47.6 Å². The number of carbonyl (C=O) groups excluding carboxylic acids is 1. The Balaban J connectivity index is 1.60. The molecule has 2 N–H and O–H groups in total. The zero-order valence-electron chi connectivity index (χ0n) is 16.8. The van der Waals surface area contributed by atoms with Crippen LogP contribution in [-0.2, 0) is 11.3 Å². The maximum absolute atomic E-state index is 12.9. The van der Waals surface area contributed by atoms with Crippen molar-refractivity contribution in [1.82, 2.24) is 10.2 Å². The van der Waals surface area contributed by atoms with E-state index in [9.17, 15) is 13.6 Å². The monoisotopic (exact) mass is 418 g/mol. The second-order valence-electron chi connectivity index (χ2n) is 7.61. The first-order valence-electron chi connectivity index (χ1n) is 9.86. The highest BCUT2D eigenvalue weighted by Crippen LogP contribution is 2.25. The lowest BCUT2D eigenvalue weighted by atomic mass is 9.92. The van der Waals surface area contributed by atoms with E-state index in [1.54, 1.807) is 12.1 Å². The van der Waals surface area contributed by atoms with Crippen LogP contribution >= 0.6 is 0 Å². The van der Waals surface area contributed by atoms with Crippen LogP contribution in [0.15, 0.2) is 42.0 Å². The summed E-state index contributed by atoms with van der Waals surface area (Å²) in [6, 6.07) is 4.70. The quantitative estimate of drug-likeness (QED) is 0.524. The molecule has 0 bridgehead atoms. The summed E-state index contributed by atoms with van der Waals surface area (Å²) in [4.78, 5) is 15.3. The van der Waals surface area contributed by atoms with E-state index in [0.29, 0.717) is 22.9 Å². The zero-order chi connectivity index (χ0) is 20.8. The Morgan fingerprint density at radius 3 is 2.86 bits per heavy atom. The summed E-state index contributed by atoms with van der Waals surface area (Å²) in [6.45, 7) is 5.01. The van der Waals surface area contributed by atoms with E-state index in [4.69, 9.17) is 4.74 Å². The number of allylic oxidation sites excluding steroid dienone is 3. The van der Waals surface area contributed by atoms with Gasteiger partial charge in [0.05, 0.1) is 12.7 Å².